The highest BCUT2D eigenvalue weighted by Gasteiger charge is 2.50. The number of rotatable bonds is 3. The first-order chi connectivity index (χ1) is 14.6. The number of aromatic hydroxyl groups is 1. The van der Waals surface area contributed by atoms with Gasteiger partial charge in [0.2, 0.25) is 8.07 Å². The molecule has 0 bridgehead atoms. The van der Waals surface area contributed by atoms with Gasteiger partial charge in [0.1, 0.15) is 5.75 Å². The molecule has 0 saturated carbocycles. The van der Waals surface area contributed by atoms with Gasteiger partial charge in [-0.3, -0.25) is 4.98 Å². The molecule has 1 atom stereocenters. The second-order valence-corrected chi connectivity index (χ2v) is 11.9. The van der Waals surface area contributed by atoms with Gasteiger partial charge in [-0.25, -0.2) is 0 Å². The SMILES string of the molecule is CCc1cc2c(cc1C)[Si](c1ccccc1)(c1ccccn1)c1cc(C)c(O)cc1-2. The number of hydrogen-bond donors (Lipinski definition) is 1. The van der Waals surface area contributed by atoms with Crippen molar-refractivity contribution in [3.63, 3.8) is 0 Å². The Kier molecular flexibility index (Phi) is 4.37. The molecular formula is C27H25NOSi. The maximum absolute atomic E-state index is 10.6. The number of phenolic OH excluding ortho intramolecular Hbond substituents is 1. The molecule has 0 radical (unpaired) electrons. The Bertz CT molecular complexity index is 1210. The molecular weight excluding hydrogens is 382 g/mol. The maximum atomic E-state index is 10.6. The molecule has 1 unspecified atom stereocenters. The van der Waals surface area contributed by atoms with E-state index in [1.165, 1.54) is 32.3 Å². The lowest BCUT2D eigenvalue weighted by atomic mass is 9.97. The first-order valence-corrected chi connectivity index (χ1v) is 12.5. The first-order valence-electron chi connectivity index (χ1n) is 10.5. The third kappa shape index (κ3) is 2.52. The summed E-state index contributed by atoms with van der Waals surface area (Å²) in [6, 6.07) is 26.0. The van der Waals surface area contributed by atoms with Crippen molar-refractivity contribution in [2.24, 2.45) is 0 Å². The highest BCUT2D eigenvalue weighted by molar-refractivity contribution is 7.21. The van der Waals surface area contributed by atoms with Crippen molar-refractivity contribution in [1.82, 2.24) is 4.98 Å². The lowest BCUT2D eigenvalue weighted by molar-refractivity contribution is 0.471. The summed E-state index contributed by atoms with van der Waals surface area (Å²) >= 11 is 0. The smallest absolute Gasteiger partial charge is 0.203 e. The lowest BCUT2D eigenvalue weighted by Gasteiger charge is -2.30. The number of hydrogen-bond acceptors (Lipinski definition) is 2. The molecule has 2 heterocycles. The van der Waals surface area contributed by atoms with Crippen molar-refractivity contribution in [2.45, 2.75) is 27.2 Å². The molecule has 1 aliphatic heterocycles. The highest BCUT2D eigenvalue weighted by atomic mass is 28.3. The van der Waals surface area contributed by atoms with Crippen molar-refractivity contribution >= 4 is 29.0 Å². The van der Waals surface area contributed by atoms with Gasteiger partial charge in [-0.15, -0.1) is 0 Å². The van der Waals surface area contributed by atoms with Crippen molar-refractivity contribution in [1.29, 1.82) is 0 Å². The van der Waals surface area contributed by atoms with E-state index in [4.69, 9.17) is 4.98 Å². The molecule has 3 heteroatoms. The van der Waals surface area contributed by atoms with Crippen LogP contribution in [0.1, 0.15) is 23.6 Å². The summed E-state index contributed by atoms with van der Waals surface area (Å²) in [5.74, 6) is 0.359. The van der Waals surface area contributed by atoms with E-state index in [0.717, 1.165) is 22.9 Å². The van der Waals surface area contributed by atoms with E-state index < -0.39 is 8.07 Å². The van der Waals surface area contributed by atoms with E-state index in [1.54, 1.807) is 0 Å². The van der Waals surface area contributed by atoms with E-state index in [0.29, 0.717) is 5.75 Å². The topological polar surface area (TPSA) is 33.1 Å². The standard InChI is InChI=1S/C27H25NOSi/c1-4-20-16-22-23-17-24(29)19(3)15-26(23)30(25(22)14-18(20)2,21-10-6-5-7-11-21)27-12-8-9-13-28-27/h5-17,29H,4H2,1-3H3. The second-order valence-electron chi connectivity index (χ2n) is 8.19. The minimum absolute atomic E-state index is 0.359. The van der Waals surface area contributed by atoms with Crippen LogP contribution in [0.3, 0.4) is 0 Å². The van der Waals surface area contributed by atoms with Gasteiger partial charge in [-0.2, -0.15) is 0 Å². The highest BCUT2D eigenvalue weighted by Crippen LogP contribution is 2.34. The maximum Gasteiger partial charge on any atom is 0.203 e. The third-order valence-corrected chi connectivity index (χ3v) is 11.3. The molecule has 3 aromatic carbocycles. The van der Waals surface area contributed by atoms with E-state index in [2.05, 4.69) is 74.5 Å². The summed E-state index contributed by atoms with van der Waals surface area (Å²) < 4.78 is 0. The summed E-state index contributed by atoms with van der Waals surface area (Å²) in [5, 5.41) is 15.8. The van der Waals surface area contributed by atoms with Crippen LogP contribution in [0.5, 0.6) is 5.75 Å². The quantitative estimate of drug-likeness (QED) is 0.466. The van der Waals surface area contributed by atoms with Crippen molar-refractivity contribution < 1.29 is 5.11 Å². The summed E-state index contributed by atoms with van der Waals surface area (Å²) in [5.41, 5.74) is 6.01. The number of nitrogens with zero attached hydrogens (tertiary/aromatic N) is 1. The number of pyridine rings is 1. The fourth-order valence-corrected chi connectivity index (χ4v) is 10.2. The Hall–Kier alpha value is -3.17. The van der Waals surface area contributed by atoms with Crippen molar-refractivity contribution in [3.05, 3.63) is 95.7 Å². The predicted octanol–water partition coefficient (Wildman–Crippen LogP) is 3.32. The van der Waals surface area contributed by atoms with E-state index >= 15 is 0 Å². The van der Waals surface area contributed by atoms with Gasteiger partial charge >= 0.3 is 0 Å². The number of benzene rings is 3. The van der Waals surface area contributed by atoms with Gasteiger partial charge in [-0.1, -0.05) is 61.5 Å². The minimum atomic E-state index is -2.57. The average Bonchev–Trinajstić information content (AvgIpc) is 3.04. The van der Waals surface area contributed by atoms with Crippen LogP contribution in [0.25, 0.3) is 11.1 Å². The number of aromatic nitrogens is 1. The molecule has 148 valence electrons. The lowest BCUT2D eigenvalue weighted by Crippen LogP contribution is -2.73. The molecule has 1 aliphatic rings. The fourth-order valence-electron chi connectivity index (χ4n) is 5.05. The average molecular weight is 408 g/mol. The molecule has 0 aliphatic carbocycles. The second kappa shape index (κ2) is 6.96. The molecule has 0 saturated heterocycles. The fraction of sp³-hybridized carbons (Fsp3) is 0.148. The van der Waals surface area contributed by atoms with Gasteiger partial charge in [-0.05, 0) is 81.8 Å². The number of fused-ring (bicyclic) bond motifs is 3. The molecule has 5 rings (SSSR count). The van der Waals surface area contributed by atoms with Crippen LogP contribution in [0.4, 0.5) is 0 Å². The molecule has 2 nitrogen and oxygen atoms in total. The Labute approximate surface area is 178 Å². The first kappa shape index (κ1) is 18.8. The normalized spacial score (nSPS) is 16.9. The van der Waals surface area contributed by atoms with Crippen molar-refractivity contribution in [3.8, 4) is 16.9 Å². The number of phenols is 1. The van der Waals surface area contributed by atoms with Crippen molar-refractivity contribution in [2.75, 3.05) is 0 Å². The van der Waals surface area contributed by atoms with Crippen LogP contribution < -0.4 is 20.9 Å². The summed E-state index contributed by atoms with van der Waals surface area (Å²) in [4.78, 5) is 4.93. The molecule has 30 heavy (non-hydrogen) atoms. The zero-order valence-corrected chi connectivity index (χ0v) is 18.6. The predicted molar refractivity (Wildman–Crippen MR) is 127 cm³/mol. The van der Waals surface area contributed by atoms with Crippen LogP contribution in [-0.4, -0.2) is 18.2 Å². The summed E-state index contributed by atoms with van der Waals surface area (Å²) in [6.45, 7) is 6.41. The van der Waals surface area contributed by atoms with Gasteiger partial charge in [0.05, 0.1) is 0 Å². The van der Waals surface area contributed by atoms with Crippen LogP contribution in [0.2, 0.25) is 0 Å². The zero-order valence-electron chi connectivity index (χ0n) is 17.6. The Morgan fingerprint density at radius 2 is 1.47 bits per heavy atom. The molecule has 0 spiro atoms. The van der Waals surface area contributed by atoms with Gasteiger partial charge in [0, 0.05) is 11.5 Å². The van der Waals surface area contributed by atoms with Gasteiger partial charge in [0.25, 0.3) is 0 Å². The molecule has 0 fully saturated rings. The van der Waals surface area contributed by atoms with E-state index in [1.807, 2.05) is 25.3 Å². The van der Waals surface area contributed by atoms with Crippen LogP contribution in [-0.2, 0) is 6.42 Å². The van der Waals surface area contributed by atoms with Crippen LogP contribution in [0, 0.1) is 13.8 Å². The monoisotopic (exact) mass is 407 g/mol. The largest absolute Gasteiger partial charge is 0.508 e. The van der Waals surface area contributed by atoms with Gasteiger partial charge < -0.3 is 5.11 Å². The third-order valence-electron chi connectivity index (χ3n) is 6.55. The van der Waals surface area contributed by atoms with Crippen LogP contribution >= 0.6 is 0 Å². The summed E-state index contributed by atoms with van der Waals surface area (Å²) in [6.07, 6.45) is 2.90. The molecule has 0 amide bonds. The summed E-state index contributed by atoms with van der Waals surface area (Å²) in [7, 11) is -2.57. The van der Waals surface area contributed by atoms with E-state index in [-0.39, 0.29) is 0 Å². The molecule has 4 aromatic rings. The van der Waals surface area contributed by atoms with Crippen LogP contribution in [0.15, 0.2) is 79.0 Å². The number of aryl methyl sites for hydroxylation is 3. The zero-order chi connectivity index (χ0) is 20.9. The molecule has 1 N–H and O–H groups in total. The Morgan fingerprint density at radius 3 is 2.13 bits per heavy atom. The van der Waals surface area contributed by atoms with Gasteiger partial charge in [0.15, 0.2) is 0 Å². The molecule has 1 aromatic heterocycles. The minimum Gasteiger partial charge on any atom is -0.508 e. The Morgan fingerprint density at radius 1 is 0.800 bits per heavy atom. The van der Waals surface area contributed by atoms with E-state index in [9.17, 15) is 5.11 Å². The Balaban J connectivity index is 2.00.